The van der Waals surface area contributed by atoms with Gasteiger partial charge in [-0.3, -0.25) is 0 Å². The van der Waals surface area contributed by atoms with Crippen molar-refractivity contribution in [3.8, 4) is 17.4 Å². The van der Waals surface area contributed by atoms with Gasteiger partial charge >= 0.3 is 0 Å². The molecule has 1 N–H and O–H groups in total. The van der Waals surface area contributed by atoms with Crippen molar-refractivity contribution in [2.75, 3.05) is 41.5 Å². The van der Waals surface area contributed by atoms with Crippen LogP contribution in [-0.4, -0.2) is 57.3 Å². The van der Waals surface area contributed by atoms with E-state index in [0.717, 1.165) is 42.5 Å². The van der Waals surface area contributed by atoms with Crippen LogP contribution in [0.3, 0.4) is 0 Å². The summed E-state index contributed by atoms with van der Waals surface area (Å²) in [5.41, 5.74) is 2.21. The quantitative estimate of drug-likeness (QED) is 0.315. The largest absolute Gasteiger partial charge is 0.493 e. The second-order valence-corrected chi connectivity index (χ2v) is 6.24. The van der Waals surface area contributed by atoms with Gasteiger partial charge in [0.25, 0.3) is 0 Å². The number of aliphatic imine (C=N–C) groups is 1. The lowest BCUT2D eigenvalue weighted by atomic mass is 10.1. The van der Waals surface area contributed by atoms with Crippen LogP contribution in [0, 0.1) is 0 Å². The monoisotopic (exact) mass is 514 g/mol. The summed E-state index contributed by atoms with van der Waals surface area (Å²) < 4.78 is 15.8. The minimum Gasteiger partial charge on any atom is -0.493 e. The highest BCUT2D eigenvalue weighted by Crippen LogP contribution is 2.27. The van der Waals surface area contributed by atoms with Crippen LogP contribution in [0.4, 0.5) is 0 Å². The molecule has 0 unspecified atom stereocenters. The van der Waals surface area contributed by atoms with E-state index in [1.807, 2.05) is 31.3 Å². The molecule has 0 aliphatic rings. The van der Waals surface area contributed by atoms with E-state index in [-0.39, 0.29) is 24.0 Å². The van der Waals surface area contributed by atoms with Gasteiger partial charge in [-0.2, -0.15) is 0 Å². The normalized spacial score (nSPS) is 10.7. The van der Waals surface area contributed by atoms with Gasteiger partial charge in [0.15, 0.2) is 17.5 Å². The van der Waals surface area contributed by atoms with Gasteiger partial charge in [0.1, 0.15) is 0 Å². The molecule has 0 amide bonds. The number of guanidine groups is 1. The topological polar surface area (TPSA) is 68.2 Å². The number of ether oxygens (including phenoxy) is 3. The number of nitrogens with zero attached hydrogens (tertiary/aromatic N) is 3. The molecule has 1 aromatic carbocycles. The number of halogens is 1. The lowest BCUT2D eigenvalue weighted by Gasteiger charge is -2.22. The molecule has 0 aliphatic heterocycles. The molecule has 0 spiro atoms. The van der Waals surface area contributed by atoms with Gasteiger partial charge in [-0.25, -0.2) is 9.98 Å². The molecular weight excluding hydrogens is 483 g/mol. The van der Waals surface area contributed by atoms with Crippen LogP contribution in [0.2, 0.25) is 0 Å². The zero-order valence-corrected chi connectivity index (χ0v) is 20.1. The lowest BCUT2D eigenvalue weighted by Crippen LogP contribution is -2.39. The molecular formula is C21H31IN4O3. The molecule has 0 radical (unpaired) electrons. The van der Waals surface area contributed by atoms with Crippen molar-refractivity contribution in [3.05, 3.63) is 47.7 Å². The third-order valence-corrected chi connectivity index (χ3v) is 4.30. The van der Waals surface area contributed by atoms with Gasteiger partial charge in [-0.05, 0) is 36.6 Å². The Morgan fingerprint density at radius 2 is 1.76 bits per heavy atom. The SMILES string of the molecule is CCNC(=NCc1ccc(OC)nc1)N(C)CCc1ccc(OC)c(OC)c1.I. The molecule has 2 rings (SSSR count). The van der Waals surface area contributed by atoms with Crippen molar-refractivity contribution < 1.29 is 14.2 Å². The molecule has 2 aromatic rings. The van der Waals surface area contributed by atoms with E-state index >= 15 is 0 Å². The van der Waals surface area contributed by atoms with Gasteiger partial charge in [-0.1, -0.05) is 12.1 Å². The Kier molecular flexibility index (Phi) is 11.2. The van der Waals surface area contributed by atoms with Crippen LogP contribution >= 0.6 is 24.0 Å². The number of hydrogen-bond donors (Lipinski definition) is 1. The summed E-state index contributed by atoms with van der Waals surface area (Å²) in [5, 5.41) is 3.34. The number of hydrogen-bond acceptors (Lipinski definition) is 5. The number of nitrogens with one attached hydrogen (secondary N) is 1. The number of likely N-dealkylation sites (N-methyl/N-ethyl adjacent to an activating group) is 1. The maximum Gasteiger partial charge on any atom is 0.212 e. The van der Waals surface area contributed by atoms with Gasteiger partial charge in [0, 0.05) is 32.4 Å². The molecule has 0 aliphatic carbocycles. The van der Waals surface area contributed by atoms with E-state index in [0.29, 0.717) is 12.4 Å². The van der Waals surface area contributed by atoms with Crippen molar-refractivity contribution >= 4 is 29.9 Å². The van der Waals surface area contributed by atoms with Crippen LogP contribution in [0.1, 0.15) is 18.1 Å². The third kappa shape index (κ3) is 7.60. The second kappa shape index (κ2) is 13.1. The molecule has 0 fully saturated rings. The molecule has 0 saturated carbocycles. The molecule has 0 atom stereocenters. The predicted octanol–water partition coefficient (Wildman–Crippen LogP) is 3.37. The standard InChI is InChI=1S/C21H30N4O3.HI/c1-6-22-21(24-15-17-8-10-20(28-5)23-14-17)25(2)12-11-16-7-9-18(26-3)19(13-16)27-4;/h7-10,13-14H,6,11-12,15H2,1-5H3,(H,22,24);1H. The highest BCUT2D eigenvalue weighted by molar-refractivity contribution is 14.0. The number of benzene rings is 1. The van der Waals surface area contributed by atoms with Crippen molar-refractivity contribution in [1.82, 2.24) is 15.2 Å². The summed E-state index contributed by atoms with van der Waals surface area (Å²) in [6.45, 7) is 4.25. The summed E-state index contributed by atoms with van der Waals surface area (Å²) in [6.07, 6.45) is 2.65. The van der Waals surface area contributed by atoms with Crippen molar-refractivity contribution in [2.45, 2.75) is 19.9 Å². The maximum atomic E-state index is 5.38. The Bertz CT molecular complexity index is 769. The zero-order valence-electron chi connectivity index (χ0n) is 17.8. The first-order chi connectivity index (χ1) is 13.6. The summed E-state index contributed by atoms with van der Waals surface area (Å²) >= 11 is 0. The average Bonchev–Trinajstić information content (AvgIpc) is 2.74. The molecule has 8 heteroatoms. The first-order valence-corrected chi connectivity index (χ1v) is 9.30. The van der Waals surface area contributed by atoms with Gasteiger partial charge < -0.3 is 24.4 Å². The smallest absolute Gasteiger partial charge is 0.212 e. The average molecular weight is 514 g/mol. The molecule has 1 aromatic heterocycles. The van der Waals surface area contributed by atoms with Gasteiger partial charge in [0.05, 0.1) is 27.9 Å². The molecule has 29 heavy (non-hydrogen) atoms. The van der Waals surface area contributed by atoms with Crippen LogP contribution in [0.15, 0.2) is 41.5 Å². The van der Waals surface area contributed by atoms with E-state index in [1.165, 1.54) is 5.56 Å². The highest BCUT2D eigenvalue weighted by Gasteiger charge is 2.08. The lowest BCUT2D eigenvalue weighted by molar-refractivity contribution is 0.354. The van der Waals surface area contributed by atoms with Crippen LogP contribution in [-0.2, 0) is 13.0 Å². The summed E-state index contributed by atoms with van der Waals surface area (Å²) in [6, 6.07) is 9.83. The van der Waals surface area contributed by atoms with Crippen LogP contribution in [0.25, 0.3) is 0 Å². The Balaban J connectivity index is 0.00000420. The fourth-order valence-corrected chi connectivity index (χ4v) is 2.70. The van der Waals surface area contributed by atoms with Gasteiger partial charge in [-0.15, -0.1) is 24.0 Å². The van der Waals surface area contributed by atoms with Crippen molar-refractivity contribution in [1.29, 1.82) is 0 Å². The Morgan fingerprint density at radius 1 is 1.03 bits per heavy atom. The molecule has 0 bridgehead atoms. The number of methoxy groups -OCH3 is 3. The molecule has 0 saturated heterocycles. The zero-order chi connectivity index (χ0) is 20.4. The van der Waals surface area contributed by atoms with Crippen molar-refractivity contribution in [2.24, 2.45) is 4.99 Å². The second-order valence-electron chi connectivity index (χ2n) is 6.24. The van der Waals surface area contributed by atoms with Crippen molar-refractivity contribution in [3.63, 3.8) is 0 Å². The molecule has 160 valence electrons. The summed E-state index contributed by atoms with van der Waals surface area (Å²) in [7, 11) is 6.94. The Labute approximate surface area is 190 Å². The van der Waals surface area contributed by atoms with E-state index in [9.17, 15) is 0 Å². The first kappa shape index (κ1) is 24.8. The number of pyridine rings is 1. The van der Waals surface area contributed by atoms with Gasteiger partial charge in [0.2, 0.25) is 5.88 Å². The molecule has 1 heterocycles. The minimum atomic E-state index is 0. The predicted molar refractivity (Wildman–Crippen MR) is 127 cm³/mol. The van der Waals surface area contributed by atoms with E-state index in [1.54, 1.807) is 27.5 Å². The van der Waals surface area contributed by atoms with E-state index < -0.39 is 0 Å². The molecule has 7 nitrogen and oxygen atoms in total. The Hall–Kier alpha value is -2.23. The highest BCUT2D eigenvalue weighted by atomic mass is 127. The minimum absolute atomic E-state index is 0. The first-order valence-electron chi connectivity index (χ1n) is 9.30. The Morgan fingerprint density at radius 3 is 2.34 bits per heavy atom. The third-order valence-electron chi connectivity index (χ3n) is 4.30. The maximum absolute atomic E-state index is 5.38. The van der Waals surface area contributed by atoms with E-state index in [4.69, 9.17) is 19.2 Å². The summed E-state index contributed by atoms with van der Waals surface area (Å²) in [5.74, 6) is 2.95. The fraction of sp³-hybridized carbons (Fsp3) is 0.429. The fourth-order valence-electron chi connectivity index (χ4n) is 2.70. The van der Waals surface area contributed by atoms with Crippen LogP contribution < -0.4 is 19.5 Å². The summed E-state index contributed by atoms with van der Waals surface area (Å²) in [4.78, 5) is 11.1. The van der Waals surface area contributed by atoms with Crippen LogP contribution in [0.5, 0.6) is 17.4 Å². The number of rotatable bonds is 9. The number of aromatic nitrogens is 1. The van der Waals surface area contributed by atoms with E-state index in [2.05, 4.69) is 28.2 Å².